The number of fused-ring (bicyclic) bond motifs is 1. The minimum Gasteiger partial charge on any atom is -0.346 e. The highest BCUT2D eigenvalue weighted by Crippen LogP contribution is 2.23. The standard InChI is InChI=1S/C22H24FN3O/c1-15(2)12-22(3,13-17-7-5-6-8-19(17)23)25-21(27)18-11-16-9-10-26(4)20(16)24-14-18/h5-11,14H,1,12-13H2,2-4H3,(H,25,27). The van der Waals surface area contributed by atoms with Crippen LogP contribution >= 0.6 is 0 Å². The van der Waals surface area contributed by atoms with Gasteiger partial charge in [-0.1, -0.05) is 23.8 Å². The molecule has 0 aliphatic rings. The van der Waals surface area contributed by atoms with E-state index in [1.807, 2.05) is 43.8 Å². The molecule has 140 valence electrons. The molecule has 0 spiro atoms. The van der Waals surface area contributed by atoms with Crippen molar-refractivity contribution in [2.45, 2.75) is 32.2 Å². The van der Waals surface area contributed by atoms with Crippen LogP contribution in [0, 0.1) is 5.82 Å². The molecule has 0 aliphatic heterocycles. The van der Waals surface area contributed by atoms with Crippen LogP contribution in [0.15, 0.2) is 60.9 Å². The quantitative estimate of drug-likeness (QED) is 0.658. The maximum absolute atomic E-state index is 14.1. The average molecular weight is 365 g/mol. The van der Waals surface area contributed by atoms with Crippen LogP contribution in [0.1, 0.15) is 36.2 Å². The molecule has 1 unspecified atom stereocenters. The van der Waals surface area contributed by atoms with E-state index in [4.69, 9.17) is 0 Å². The number of nitrogens with one attached hydrogen (secondary N) is 1. The fourth-order valence-electron chi connectivity index (χ4n) is 3.50. The minimum absolute atomic E-state index is 0.228. The summed E-state index contributed by atoms with van der Waals surface area (Å²) < 4.78 is 16.1. The summed E-state index contributed by atoms with van der Waals surface area (Å²) in [7, 11) is 1.91. The first-order valence-corrected chi connectivity index (χ1v) is 8.89. The van der Waals surface area contributed by atoms with Crippen molar-refractivity contribution >= 4 is 16.9 Å². The van der Waals surface area contributed by atoms with Crippen molar-refractivity contribution in [3.8, 4) is 0 Å². The number of benzene rings is 1. The molecule has 1 atom stereocenters. The van der Waals surface area contributed by atoms with Gasteiger partial charge in [0.25, 0.3) is 5.91 Å². The second-order valence-corrected chi connectivity index (χ2v) is 7.48. The molecule has 3 aromatic rings. The zero-order chi connectivity index (χ0) is 19.6. The summed E-state index contributed by atoms with van der Waals surface area (Å²) in [6.45, 7) is 7.79. The Kier molecular flexibility index (Phi) is 5.13. The van der Waals surface area contributed by atoms with Gasteiger partial charge in [0, 0.05) is 30.4 Å². The van der Waals surface area contributed by atoms with Crippen molar-refractivity contribution in [3.63, 3.8) is 0 Å². The van der Waals surface area contributed by atoms with Crippen LogP contribution in [0.5, 0.6) is 0 Å². The number of aryl methyl sites for hydroxylation is 1. The molecule has 27 heavy (non-hydrogen) atoms. The summed E-state index contributed by atoms with van der Waals surface area (Å²) in [6, 6.07) is 10.4. The highest BCUT2D eigenvalue weighted by atomic mass is 19.1. The number of rotatable bonds is 6. The molecule has 2 aromatic heterocycles. The van der Waals surface area contributed by atoms with Crippen molar-refractivity contribution in [2.75, 3.05) is 0 Å². The molecule has 4 nitrogen and oxygen atoms in total. The fourth-order valence-corrected chi connectivity index (χ4v) is 3.50. The van der Waals surface area contributed by atoms with Gasteiger partial charge in [0.05, 0.1) is 5.56 Å². The van der Waals surface area contributed by atoms with Crippen LogP contribution in [0.3, 0.4) is 0 Å². The lowest BCUT2D eigenvalue weighted by atomic mass is 9.86. The van der Waals surface area contributed by atoms with E-state index in [0.29, 0.717) is 24.0 Å². The van der Waals surface area contributed by atoms with Gasteiger partial charge in [-0.05, 0) is 50.5 Å². The SMILES string of the molecule is C=C(C)CC(C)(Cc1ccccc1F)NC(=O)c1cnc2c(ccn2C)c1. The molecule has 2 heterocycles. The van der Waals surface area contributed by atoms with Gasteiger partial charge in [-0.25, -0.2) is 9.37 Å². The maximum atomic E-state index is 14.1. The molecular formula is C22H24FN3O. The van der Waals surface area contributed by atoms with Gasteiger partial charge in [-0.2, -0.15) is 0 Å². The molecule has 0 saturated heterocycles. The van der Waals surface area contributed by atoms with Crippen molar-refractivity contribution in [1.82, 2.24) is 14.9 Å². The second kappa shape index (κ2) is 7.35. The third-order valence-corrected chi connectivity index (χ3v) is 4.61. The Hall–Kier alpha value is -2.95. The van der Waals surface area contributed by atoms with Gasteiger partial charge < -0.3 is 9.88 Å². The van der Waals surface area contributed by atoms with E-state index in [9.17, 15) is 9.18 Å². The van der Waals surface area contributed by atoms with Crippen LogP contribution in [0.2, 0.25) is 0 Å². The van der Waals surface area contributed by atoms with Crippen molar-refractivity contribution in [3.05, 3.63) is 77.9 Å². The topological polar surface area (TPSA) is 46.9 Å². The summed E-state index contributed by atoms with van der Waals surface area (Å²) in [5.41, 5.74) is 2.14. The van der Waals surface area contributed by atoms with E-state index >= 15 is 0 Å². The Morgan fingerprint density at radius 1 is 1.33 bits per heavy atom. The zero-order valence-corrected chi connectivity index (χ0v) is 15.9. The highest BCUT2D eigenvalue weighted by Gasteiger charge is 2.28. The second-order valence-electron chi connectivity index (χ2n) is 7.48. The Balaban J connectivity index is 1.87. The van der Waals surface area contributed by atoms with Crippen LogP contribution in [-0.2, 0) is 13.5 Å². The Morgan fingerprint density at radius 3 is 2.78 bits per heavy atom. The molecule has 0 fully saturated rings. The molecule has 0 aliphatic carbocycles. The first-order chi connectivity index (χ1) is 12.8. The van der Waals surface area contributed by atoms with Crippen LogP contribution in [-0.4, -0.2) is 21.0 Å². The molecule has 3 rings (SSSR count). The summed E-state index contributed by atoms with van der Waals surface area (Å²) in [4.78, 5) is 17.3. The minimum atomic E-state index is -0.656. The number of hydrogen-bond acceptors (Lipinski definition) is 2. The van der Waals surface area contributed by atoms with Crippen LogP contribution in [0.25, 0.3) is 11.0 Å². The molecule has 1 N–H and O–H groups in total. The highest BCUT2D eigenvalue weighted by molar-refractivity contribution is 5.97. The number of aromatic nitrogens is 2. The zero-order valence-electron chi connectivity index (χ0n) is 15.9. The number of nitrogens with zero attached hydrogens (tertiary/aromatic N) is 2. The molecule has 0 radical (unpaired) electrons. The van der Waals surface area contributed by atoms with E-state index in [1.165, 1.54) is 6.07 Å². The molecule has 1 amide bonds. The number of carbonyl (C=O) groups is 1. The first-order valence-electron chi connectivity index (χ1n) is 8.89. The summed E-state index contributed by atoms with van der Waals surface area (Å²) in [5.74, 6) is -0.500. The normalized spacial score (nSPS) is 13.3. The Bertz CT molecular complexity index is 1010. The van der Waals surface area contributed by atoms with Crippen molar-refractivity contribution in [2.24, 2.45) is 7.05 Å². The smallest absolute Gasteiger partial charge is 0.253 e. The van der Waals surface area contributed by atoms with Crippen LogP contribution in [0.4, 0.5) is 4.39 Å². The first kappa shape index (κ1) is 18.8. The largest absolute Gasteiger partial charge is 0.346 e. The van der Waals surface area contributed by atoms with Gasteiger partial charge in [0.1, 0.15) is 11.5 Å². The predicted octanol–water partition coefficient (Wildman–Crippen LogP) is 4.41. The number of amides is 1. The van der Waals surface area contributed by atoms with E-state index in [0.717, 1.165) is 16.6 Å². The monoisotopic (exact) mass is 365 g/mol. The summed E-state index contributed by atoms with van der Waals surface area (Å²) in [5, 5.41) is 3.98. The maximum Gasteiger partial charge on any atom is 0.253 e. The van der Waals surface area contributed by atoms with E-state index in [-0.39, 0.29) is 11.7 Å². The lowest BCUT2D eigenvalue weighted by Gasteiger charge is -2.31. The lowest BCUT2D eigenvalue weighted by Crippen LogP contribution is -2.48. The summed E-state index contributed by atoms with van der Waals surface area (Å²) in [6.07, 6.45) is 4.40. The van der Waals surface area contributed by atoms with Crippen molar-refractivity contribution < 1.29 is 9.18 Å². The third-order valence-electron chi connectivity index (χ3n) is 4.61. The van der Waals surface area contributed by atoms with E-state index in [1.54, 1.807) is 24.4 Å². The van der Waals surface area contributed by atoms with E-state index < -0.39 is 5.54 Å². The molecule has 0 saturated carbocycles. The number of halogens is 1. The average Bonchev–Trinajstić information content (AvgIpc) is 2.96. The van der Waals surface area contributed by atoms with Gasteiger partial charge in [0.2, 0.25) is 0 Å². The number of pyridine rings is 1. The summed E-state index contributed by atoms with van der Waals surface area (Å²) >= 11 is 0. The lowest BCUT2D eigenvalue weighted by molar-refractivity contribution is 0.0904. The molecule has 0 bridgehead atoms. The number of carbonyl (C=O) groups excluding carboxylic acids is 1. The molecule has 1 aromatic carbocycles. The van der Waals surface area contributed by atoms with Gasteiger partial charge in [-0.3, -0.25) is 4.79 Å². The molecule has 5 heteroatoms. The molecular weight excluding hydrogens is 341 g/mol. The number of hydrogen-bond donors (Lipinski definition) is 1. The van der Waals surface area contributed by atoms with E-state index in [2.05, 4.69) is 16.9 Å². The van der Waals surface area contributed by atoms with Gasteiger partial charge >= 0.3 is 0 Å². The van der Waals surface area contributed by atoms with Gasteiger partial charge in [0.15, 0.2) is 0 Å². The Labute approximate surface area is 158 Å². The van der Waals surface area contributed by atoms with Gasteiger partial charge in [-0.15, -0.1) is 6.58 Å². The Morgan fingerprint density at radius 2 is 2.07 bits per heavy atom. The predicted molar refractivity (Wildman–Crippen MR) is 106 cm³/mol. The van der Waals surface area contributed by atoms with Crippen LogP contribution < -0.4 is 5.32 Å². The van der Waals surface area contributed by atoms with Crippen molar-refractivity contribution in [1.29, 1.82) is 0 Å². The fraction of sp³-hybridized carbons (Fsp3) is 0.273. The third kappa shape index (κ3) is 4.25.